The van der Waals surface area contributed by atoms with Crippen LogP contribution in [0.15, 0.2) is 47.4 Å². The summed E-state index contributed by atoms with van der Waals surface area (Å²) in [6.45, 7) is 3.64. The van der Waals surface area contributed by atoms with Gasteiger partial charge in [0.1, 0.15) is 0 Å². The molecule has 2 rings (SSSR count). The molecular formula is C22H28N2O6S. The average molecular weight is 449 g/mol. The number of benzene rings is 2. The van der Waals surface area contributed by atoms with Crippen molar-refractivity contribution in [3.63, 3.8) is 0 Å². The molecule has 0 radical (unpaired) electrons. The summed E-state index contributed by atoms with van der Waals surface area (Å²) in [6.07, 6.45) is 0.0497. The van der Waals surface area contributed by atoms with Gasteiger partial charge < -0.3 is 14.8 Å². The Labute approximate surface area is 183 Å². The molecule has 0 aromatic heterocycles. The third kappa shape index (κ3) is 7.08. The summed E-state index contributed by atoms with van der Waals surface area (Å²) < 4.78 is 37.4. The third-order valence-corrected chi connectivity index (χ3v) is 6.03. The summed E-state index contributed by atoms with van der Waals surface area (Å²) in [5, 5.41) is 2.71. The van der Waals surface area contributed by atoms with Gasteiger partial charge in [0.05, 0.1) is 19.1 Å². The Morgan fingerprint density at radius 2 is 1.68 bits per heavy atom. The molecule has 9 heteroatoms. The first-order chi connectivity index (χ1) is 14.7. The first-order valence-corrected chi connectivity index (χ1v) is 11.3. The first kappa shape index (κ1) is 24.4. The lowest BCUT2D eigenvalue weighted by molar-refractivity contribution is -0.121. The highest BCUT2D eigenvalue weighted by Gasteiger charge is 2.16. The van der Waals surface area contributed by atoms with E-state index in [-0.39, 0.29) is 42.0 Å². The van der Waals surface area contributed by atoms with E-state index in [4.69, 9.17) is 9.47 Å². The Kier molecular flexibility index (Phi) is 8.58. The molecule has 2 N–H and O–H groups in total. The SMILES string of the molecule is COc1ccc(C(=O)CCC(=O)NCc2cccc(S(=O)(=O)NC(C)C)c2)cc1OC. The molecule has 0 aliphatic carbocycles. The number of hydrogen-bond acceptors (Lipinski definition) is 6. The predicted molar refractivity (Wildman–Crippen MR) is 117 cm³/mol. The Morgan fingerprint density at radius 3 is 2.32 bits per heavy atom. The van der Waals surface area contributed by atoms with Gasteiger partial charge in [-0.3, -0.25) is 9.59 Å². The molecule has 8 nitrogen and oxygen atoms in total. The first-order valence-electron chi connectivity index (χ1n) is 9.79. The molecule has 0 fully saturated rings. The van der Waals surface area contributed by atoms with Crippen LogP contribution in [0.25, 0.3) is 0 Å². The fourth-order valence-electron chi connectivity index (χ4n) is 2.87. The number of methoxy groups -OCH3 is 2. The lowest BCUT2D eigenvalue weighted by atomic mass is 10.1. The minimum Gasteiger partial charge on any atom is -0.493 e. The standard InChI is InChI=1S/C22H28N2O6S/c1-15(2)24-31(27,28)18-7-5-6-16(12-18)14-23-22(26)11-9-19(25)17-8-10-20(29-3)21(13-17)30-4/h5-8,10,12-13,15,24H,9,11,14H2,1-4H3,(H,23,26). The Bertz CT molecular complexity index is 1030. The summed E-state index contributed by atoms with van der Waals surface area (Å²) in [5.41, 5.74) is 1.08. The van der Waals surface area contributed by atoms with Crippen LogP contribution in [0.5, 0.6) is 11.5 Å². The van der Waals surface area contributed by atoms with Crippen LogP contribution in [0.1, 0.15) is 42.6 Å². The number of carbonyl (C=O) groups is 2. The highest BCUT2D eigenvalue weighted by Crippen LogP contribution is 2.28. The van der Waals surface area contributed by atoms with Gasteiger partial charge in [-0.1, -0.05) is 12.1 Å². The van der Waals surface area contributed by atoms with Crippen LogP contribution >= 0.6 is 0 Å². The second-order valence-electron chi connectivity index (χ2n) is 7.19. The van der Waals surface area contributed by atoms with Gasteiger partial charge >= 0.3 is 0 Å². The number of rotatable bonds is 11. The molecule has 0 unspecified atom stereocenters. The van der Waals surface area contributed by atoms with Crippen molar-refractivity contribution in [2.45, 2.75) is 44.2 Å². The van der Waals surface area contributed by atoms with Crippen molar-refractivity contribution in [1.82, 2.24) is 10.0 Å². The fourth-order valence-corrected chi connectivity index (χ4v) is 4.19. The zero-order valence-electron chi connectivity index (χ0n) is 18.1. The van der Waals surface area contributed by atoms with Crippen molar-refractivity contribution < 1.29 is 27.5 Å². The molecule has 168 valence electrons. The summed E-state index contributed by atoms with van der Waals surface area (Å²) >= 11 is 0. The molecule has 0 atom stereocenters. The Morgan fingerprint density at radius 1 is 0.968 bits per heavy atom. The van der Waals surface area contributed by atoms with Crippen LogP contribution in [0.3, 0.4) is 0 Å². The monoisotopic (exact) mass is 448 g/mol. The van der Waals surface area contributed by atoms with Gasteiger partial charge in [-0.05, 0) is 49.7 Å². The van der Waals surface area contributed by atoms with Gasteiger partial charge in [-0.25, -0.2) is 13.1 Å². The Balaban J connectivity index is 1.91. The molecule has 0 spiro atoms. The fraction of sp³-hybridized carbons (Fsp3) is 0.364. The van der Waals surface area contributed by atoms with E-state index in [2.05, 4.69) is 10.0 Å². The smallest absolute Gasteiger partial charge is 0.240 e. The molecule has 0 saturated heterocycles. The van der Waals surface area contributed by atoms with E-state index in [1.165, 1.54) is 26.4 Å². The second kappa shape index (κ2) is 10.9. The highest BCUT2D eigenvalue weighted by atomic mass is 32.2. The number of nitrogens with one attached hydrogen (secondary N) is 2. The van der Waals surface area contributed by atoms with Crippen molar-refractivity contribution in [1.29, 1.82) is 0 Å². The molecule has 1 amide bonds. The van der Waals surface area contributed by atoms with Crippen molar-refractivity contribution in [2.24, 2.45) is 0 Å². The van der Waals surface area contributed by atoms with Crippen LogP contribution in [0.2, 0.25) is 0 Å². The topological polar surface area (TPSA) is 111 Å². The summed E-state index contributed by atoms with van der Waals surface area (Å²) in [7, 11) is -0.616. The molecule has 0 saturated carbocycles. The number of Topliss-reactive ketones (excluding diaryl/α,β-unsaturated/α-hetero) is 1. The summed E-state index contributed by atoms with van der Waals surface area (Å²) in [4.78, 5) is 24.7. The minimum absolute atomic E-state index is 0.0140. The molecular weight excluding hydrogens is 420 g/mol. The number of carbonyl (C=O) groups excluding carboxylic acids is 2. The van der Waals surface area contributed by atoms with E-state index >= 15 is 0 Å². The van der Waals surface area contributed by atoms with Crippen LogP contribution in [-0.4, -0.2) is 40.4 Å². The highest BCUT2D eigenvalue weighted by molar-refractivity contribution is 7.89. The molecule has 0 heterocycles. The van der Waals surface area contributed by atoms with E-state index in [1.54, 1.807) is 44.2 Å². The number of amides is 1. The predicted octanol–water partition coefficient (Wildman–Crippen LogP) is 2.67. The lowest BCUT2D eigenvalue weighted by Crippen LogP contribution is -2.30. The Hall–Kier alpha value is -2.91. The van der Waals surface area contributed by atoms with E-state index in [9.17, 15) is 18.0 Å². The normalized spacial score (nSPS) is 11.3. The number of sulfonamides is 1. The second-order valence-corrected chi connectivity index (χ2v) is 8.91. The zero-order chi connectivity index (χ0) is 23.0. The van der Waals surface area contributed by atoms with Gasteiger partial charge in [0.2, 0.25) is 15.9 Å². The maximum Gasteiger partial charge on any atom is 0.240 e. The molecule has 2 aromatic rings. The van der Waals surface area contributed by atoms with E-state index < -0.39 is 10.0 Å². The average Bonchev–Trinajstić information content (AvgIpc) is 2.74. The maximum absolute atomic E-state index is 12.4. The van der Waals surface area contributed by atoms with Gasteiger partial charge in [0.25, 0.3) is 0 Å². The van der Waals surface area contributed by atoms with Crippen LogP contribution in [-0.2, 0) is 21.4 Å². The number of ether oxygens (including phenoxy) is 2. The van der Waals surface area contributed by atoms with Crippen molar-refractivity contribution in [2.75, 3.05) is 14.2 Å². The van der Waals surface area contributed by atoms with Crippen LogP contribution in [0, 0.1) is 0 Å². The maximum atomic E-state index is 12.4. The van der Waals surface area contributed by atoms with E-state index in [1.807, 2.05) is 0 Å². The quantitative estimate of drug-likeness (QED) is 0.512. The number of ketones is 1. The van der Waals surface area contributed by atoms with Crippen LogP contribution in [0.4, 0.5) is 0 Å². The van der Waals surface area contributed by atoms with E-state index in [0.29, 0.717) is 22.6 Å². The summed E-state index contributed by atoms with van der Waals surface area (Å²) in [6, 6.07) is 11.0. The third-order valence-electron chi connectivity index (χ3n) is 4.37. The van der Waals surface area contributed by atoms with Crippen molar-refractivity contribution in [3.05, 3.63) is 53.6 Å². The van der Waals surface area contributed by atoms with Gasteiger partial charge in [0, 0.05) is 31.0 Å². The number of hydrogen-bond donors (Lipinski definition) is 2. The van der Waals surface area contributed by atoms with Crippen molar-refractivity contribution >= 4 is 21.7 Å². The van der Waals surface area contributed by atoms with Gasteiger partial charge in [0.15, 0.2) is 17.3 Å². The molecule has 0 aliphatic heterocycles. The minimum atomic E-state index is -3.61. The largest absolute Gasteiger partial charge is 0.493 e. The van der Waals surface area contributed by atoms with Gasteiger partial charge in [-0.2, -0.15) is 0 Å². The lowest BCUT2D eigenvalue weighted by Gasteiger charge is -2.11. The molecule has 31 heavy (non-hydrogen) atoms. The van der Waals surface area contributed by atoms with Crippen LogP contribution < -0.4 is 19.5 Å². The van der Waals surface area contributed by atoms with Gasteiger partial charge in [-0.15, -0.1) is 0 Å². The molecule has 2 aromatic carbocycles. The molecule has 0 aliphatic rings. The summed E-state index contributed by atoms with van der Waals surface area (Å²) in [5.74, 6) is 0.468. The zero-order valence-corrected chi connectivity index (χ0v) is 18.9. The van der Waals surface area contributed by atoms with Crippen molar-refractivity contribution in [3.8, 4) is 11.5 Å². The molecule has 0 bridgehead atoms. The van der Waals surface area contributed by atoms with E-state index in [0.717, 1.165) is 0 Å².